The first-order valence-electron chi connectivity index (χ1n) is 4.52. The summed E-state index contributed by atoms with van der Waals surface area (Å²) >= 11 is 3.42. The summed E-state index contributed by atoms with van der Waals surface area (Å²) in [6.45, 7) is 4.42. The number of benzene rings is 1. The third kappa shape index (κ3) is 2.73. The first kappa shape index (κ1) is 10.6. The van der Waals surface area contributed by atoms with E-state index in [0.29, 0.717) is 5.92 Å². The highest BCUT2D eigenvalue weighted by molar-refractivity contribution is 9.09. The number of hydrogen-bond donors (Lipinski definition) is 0. The SMILES string of the molecule is CC(C)c1ccc(N(C)CBr)cc1. The largest absolute Gasteiger partial charge is 0.365 e. The molecule has 0 atom stereocenters. The Hall–Kier alpha value is -0.500. The maximum absolute atomic E-state index is 3.42. The van der Waals surface area contributed by atoms with Gasteiger partial charge in [-0.3, -0.25) is 0 Å². The van der Waals surface area contributed by atoms with Gasteiger partial charge in [-0.25, -0.2) is 0 Å². The Balaban J connectivity index is 2.81. The lowest BCUT2D eigenvalue weighted by Crippen LogP contribution is -2.13. The molecule has 0 aromatic heterocycles. The molecule has 0 N–H and O–H groups in total. The van der Waals surface area contributed by atoms with Crippen molar-refractivity contribution in [2.75, 3.05) is 17.4 Å². The van der Waals surface area contributed by atoms with Crippen LogP contribution in [0.4, 0.5) is 5.69 Å². The van der Waals surface area contributed by atoms with Crippen molar-refractivity contribution in [2.45, 2.75) is 19.8 Å². The summed E-state index contributed by atoms with van der Waals surface area (Å²) in [4.78, 5) is 2.16. The highest BCUT2D eigenvalue weighted by Gasteiger charge is 2.00. The van der Waals surface area contributed by atoms with E-state index in [2.05, 4.69) is 66.0 Å². The summed E-state index contributed by atoms with van der Waals surface area (Å²) in [7, 11) is 2.07. The normalized spacial score (nSPS) is 10.5. The molecular weight excluding hydrogens is 226 g/mol. The van der Waals surface area contributed by atoms with Crippen molar-refractivity contribution in [2.24, 2.45) is 0 Å². The van der Waals surface area contributed by atoms with E-state index in [1.165, 1.54) is 11.3 Å². The van der Waals surface area contributed by atoms with Crippen molar-refractivity contribution in [3.63, 3.8) is 0 Å². The van der Waals surface area contributed by atoms with Crippen LogP contribution in [0.25, 0.3) is 0 Å². The number of rotatable bonds is 3. The Bertz CT molecular complexity index is 253. The molecule has 0 radical (unpaired) electrons. The second-order valence-corrected chi connectivity index (χ2v) is 4.07. The molecule has 0 spiro atoms. The quantitative estimate of drug-likeness (QED) is 0.578. The number of nitrogens with zero attached hydrogens (tertiary/aromatic N) is 1. The summed E-state index contributed by atoms with van der Waals surface area (Å²) in [5, 5.41) is 0. The van der Waals surface area contributed by atoms with E-state index in [9.17, 15) is 0 Å². The van der Waals surface area contributed by atoms with Gasteiger partial charge < -0.3 is 4.90 Å². The average molecular weight is 242 g/mol. The van der Waals surface area contributed by atoms with Gasteiger partial charge in [0, 0.05) is 12.7 Å². The van der Waals surface area contributed by atoms with Gasteiger partial charge in [0.15, 0.2) is 0 Å². The van der Waals surface area contributed by atoms with Crippen LogP contribution in [0.1, 0.15) is 25.3 Å². The monoisotopic (exact) mass is 241 g/mol. The van der Waals surface area contributed by atoms with Crippen LogP contribution in [0, 0.1) is 0 Å². The minimum Gasteiger partial charge on any atom is -0.365 e. The topological polar surface area (TPSA) is 3.24 Å². The Morgan fingerprint density at radius 1 is 1.23 bits per heavy atom. The van der Waals surface area contributed by atoms with Crippen LogP contribution >= 0.6 is 15.9 Å². The number of anilines is 1. The van der Waals surface area contributed by atoms with Gasteiger partial charge in [0.25, 0.3) is 0 Å². The second-order valence-electron chi connectivity index (χ2n) is 3.56. The van der Waals surface area contributed by atoms with E-state index >= 15 is 0 Å². The van der Waals surface area contributed by atoms with Crippen LogP contribution in [0.2, 0.25) is 0 Å². The lowest BCUT2D eigenvalue weighted by molar-refractivity contribution is 0.866. The maximum Gasteiger partial charge on any atom is 0.0732 e. The first-order valence-corrected chi connectivity index (χ1v) is 5.64. The summed E-state index contributed by atoms with van der Waals surface area (Å²) in [6.07, 6.45) is 0. The number of alkyl halides is 1. The highest BCUT2D eigenvalue weighted by Crippen LogP contribution is 2.19. The maximum atomic E-state index is 3.42. The summed E-state index contributed by atoms with van der Waals surface area (Å²) in [5.41, 5.74) is 3.52. The van der Waals surface area contributed by atoms with Gasteiger partial charge in [-0.1, -0.05) is 41.9 Å². The summed E-state index contributed by atoms with van der Waals surface area (Å²) in [6, 6.07) is 8.71. The molecule has 0 aliphatic heterocycles. The fourth-order valence-electron chi connectivity index (χ4n) is 1.18. The molecule has 0 bridgehead atoms. The molecule has 1 rings (SSSR count). The average Bonchev–Trinajstić information content (AvgIpc) is 2.17. The number of halogens is 1. The zero-order chi connectivity index (χ0) is 9.84. The second kappa shape index (κ2) is 4.66. The van der Waals surface area contributed by atoms with Gasteiger partial charge in [0.1, 0.15) is 0 Å². The summed E-state index contributed by atoms with van der Waals surface area (Å²) in [5.74, 6) is 0.614. The van der Waals surface area contributed by atoms with Crippen molar-refractivity contribution < 1.29 is 0 Å². The third-order valence-electron chi connectivity index (χ3n) is 2.18. The van der Waals surface area contributed by atoms with E-state index < -0.39 is 0 Å². The predicted octanol–water partition coefficient (Wildman–Crippen LogP) is 3.60. The first-order chi connectivity index (χ1) is 6.15. The number of hydrogen-bond acceptors (Lipinski definition) is 1. The van der Waals surface area contributed by atoms with E-state index in [1.807, 2.05) is 0 Å². The molecule has 1 aromatic rings. The molecule has 0 aliphatic carbocycles. The molecule has 0 aliphatic rings. The Labute approximate surface area is 88.9 Å². The molecular formula is C11H16BrN. The molecule has 0 unspecified atom stereocenters. The molecule has 0 amide bonds. The molecule has 13 heavy (non-hydrogen) atoms. The molecule has 1 aromatic carbocycles. The third-order valence-corrected chi connectivity index (χ3v) is 2.93. The van der Waals surface area contributed by atoms with Crippen LogP contribution in [0.5, 0.6) is 0 Å². The standard InChI is InChI=1S/C11H16BrN/c1-9(2)10-4-6-11(7-5-10)13(3)8-12/h4-7,9H,8H2,1-3H3. The zero-order valence-corrected chi connectivity index (χ0v) is 10.0. The van der Waals surface area contributed by atoms with Crippen molar-refractivity contribution in [1.82, 2.24) is 0 Å². The molecule has 72 valence electrons. The molecule has 0 heterocycles. The fourth-order valence-corrected chi connectivity index (χ4v) is 1.47. The van der Waals surface area contributed by atoms with Crippen LogP contribution in [-0.2, 0) is 0 Å². The molecule has 0 saturated carbocycles. The Morgan fingerprint density at radius 3 is 2.15 bits per heavy atom. The van der Waals surface area contributed by atoms with E-state index in [1.54, 1.807) is 0 Å². The summed E-state index contributed by atoms with van der Waals surface area (Å²) < 4.78 is 0. The van der Waals surface area contributed by atoms with Gasteiger partial charge in [0.2, 0.25) is 0 Å². The van der Waals surface area contributed by atoms with Crippen LogP contribution in [0.15, 0.2) is 24.3 Å². The smallest absolute Gasteiger partial charge is 0.0732 e. The van der Waals surface area contributed by atoms with E-state index in [-0.39, 0.29) is 0 Å². The van der Waals surface area contributed by atoms with Crippen LogP contribution < -0.4 is 4.90 Å². The lowest BCUT2D eigenvalue weighted by atomic mass is 10.0. The fraction of sp³-hybridized carbons (Fsp3) is 0.455. The molecule has 2 heteroatoms. The Morgan fingerprint density at radius 2 is 1.77 bits per heavy atom. The molecule has 1 nitrogen and oxygen atoms in total. The predicted molar refractivity (Wildman–Crippen MR) is 62.7 cm³/mol. The van der Waals surface area contributed by atoms with Crippen molar-refractivity contribution in [1.29, 1.82) is 0 Å². The van der Waals surface area contributed by atoms with Crippen LogP contribution in [0.3, 0.4) is 0 Å². The van der Waals surface area contributed by atoms with Gasteiger partial charge in [-0.2, -0.15) is 0 Å². The molecule has 0 fully saturated rings. The van der Waals surface area contributed by atoms with Gasteiger partial charge >= 0.3 is 0 Å². The lowest BCUT2D eigenvalue weighted by Gasteiger charge is -2.16. The van der Waals surface area contributed by atoms with E-state index in [4.69, 9.17) is 0 Å². The van der Waals surface area contributed by atoms with E-state index in [0.717, 1.165) is 5.45 Å². The van der Waals surface area contributed by atoms with Gasteiger partial charge in [-0.15, -0.1) is 0 Å². The minimum absolute atomic E-state index is 0.614. The Kier molecular flexibility index (Phi) is 3.79. The van der Waals surface area contributed by atoms with Gasteiger partial charge in [-0.05, 0) is 23.6 Å². The van der Waals surface area contributed by atoms with Crippen LogP contribution in [-0.4, -0.2) is 12.5 Å². The minimum atomic E-state index is 0.614. The van der Waals surface area contributed by atoms with Crippen molar-refractivity contribution in [3.8, 4) is 0 Å². The van der Waals surface area contributed by atoms with Crippen molar-refractivity contribution >= 4 is 21.6 Å². The van der Waals surface area contributed by atoms with Crippen molar-refractivity contribution in [3.05, 3.63) is 29.8 Å². The van der Waals surface area contributed by atoms with Gasteiger partial charge in [0.05, 0.1) is 5.45 Å². The zero-order valence-electron chi connectivity index (χ0n) is 8.42. The highest BCUT2D eigenvalue weighted by atomic mass is 79.9. The molecule has 0 saturated heterocycles.